The average Bonchev–Trinajstić information content (AvgIpc) is 2.71. The molecule has 1 aliphatic heterocycles. The summed E-state index contributed by atoms with van der Waals surface area (Å²) in [4.78, 5) is 19.4. The van der Waals surface area contributed by atoms with Gasteiger partial charge in [-0.1, -0.05) is 12.1 Å². The van der Waals surface area contributed by atoms with Crippen molar-refractivity contribution in [3.8, 4) is 5.75 Å². The van der Waals surface area contributed by atoms with E-state index in [0.717, 1.165) is 49.0 Å². The second kappa shape index (κ2) is 9.46. The van der Waals surface area contributed by atoms with E-state index in [1.54, 1.807) is 4.90 Å². The second-order valence-electron chi connectivity index (χ2n) is 6.91. The van der Waals surface area contributed by atoms with Gasteiger partial charge in [-0.3, -0.25) is 4.90 Å². The number of anilines is 3. The lowest BCUT2D eigenvalue weighted by atomic mass is 10.2. The van der Waals surface area contributed by atoms with Crippen molar-refractivity contribution < 1.29 is 9.53 Å². The predicted molar refractivity (Wildman–Crippen MR) is 116 cm³/mol. The maximum absolute atomic E-state index is 13.0. The molecule has 28 heavy (non-hydrogen) atoms. The Hall–Kier alpha value is -2.73. The number of ether oxygens (including phenoxy) is 1. The summed E-state index contributed by atoms with van der Waals surface area (Å²) >= 11 is 0. The summed E-state index contributed by atoms with van der Waals surface area (Å²) in [6.45, 7) is 9.10. The normalized spacial score (nSPS) is 14.6. The van der Waals surface area contributed by atoms with E-state index in [9.17, 15) is 4.79 Å². The highest BCUT2D eigenvalue weighted by Crippen LogP contribution is 2.28. The summed E-state index contributed by atoms with van der Waals surface area (Å²) in [5, 5.41) is 3.11. The van der Waals surface area contributed by atoms with Gasteiger partial charge in [-0.25, -0.2) is 4.79 Å². The van der Waals surface area contributed by atoms with Crippen molar-refractivity contribution in [2.75, 3.05) is 61.5 Å². The molecule has 0 bridgehead atoms. The molecule has 1 fully saturated rings. The van der Waals surface area contributed by atoms with Crippen LogP contribution in [0.5, 0.6) is 5.75 Å². The minimum Gasteiger partial charge on any atom is -0.494 e. The zero-order chi connectivity index (χ0) is 19.9. The molecule has 6 heteroatoms. The van der Waals surface area contributed by atoms with Gasteiger partial charge in [0.15, 0.2) is 0 Å². The Balaban J connectivity index is 1.74. The quantitative estimate of drug-likeness (QED) is 0.823. The van der Waals surface area contributed by atoms with Crippen LogP contribution in [-0.4, -0.2) is 57.3 Å². The Morgan fingerprint density at radius 3 is 2.36 bits per heavy atom. The van der Waals surface area contributed by atoms with E-state index in [2.05, 4.69) is 28.2 Å². The number of rotatable bonds is 6. The van der Waals surface area contributed by atoms with Crippen LogP contribution in [0.15, 0.2) is 48.5 Å². The number of hydrogen-bond acceptors (Lipinski definition) is 4. The van der Waals surface area contributed by atoms with Crippen LogP contribution in [0.4, 0.5) is 21.9 Å². The summed E-state index contributed by atoms with van der Waals surface area (Å²) < 4.78 is 5.49. The lowest BCUT2D eigenvalue weighted by molar-refractivity contribution is 0.257. The summed E-state index contributed by atoms with van der Waals surface area (Å²) in [7, 11) is 2.14. The van der Waals surface area contributed by atoms with E-state index in [-0.39, 0.29) is 6.03 Å². The summed E-state index contributed by atoms with van der Waals surface area (Å²) in [5.74, 6) is 0.808. The number of nitrogens with zero attached hydrogens (tertiary/aromatic N) is 3. The van der Waals surface area contributed by atoms with Gasteiger partial charge in [0.05, 0.1) is 18.0 Å². The Morgan fingerprint density at radius 1 is 1.04 bits per heavy atom. The van der Waals surface area contributed by atoms with Crippen molar-refractivity contribution >= 4 is 23.1 Å². The van der Waals surface area contributed by atoms with Crippen molar-refractivity contribution in [1.82, 2.24) is 4.90 Å². The van der Waals surface area contributed by atoms with Gasteiger partial charge in [0.25, 0.3) is 0 Å². The minimum atomic E-state index is -0.131. The van der Waals surface area contributed by atoms with E-state index >= 15 is 0 Å². The third-order valence-electron chi connectivity index (χ3n) is 5.01. The molecule has 2 aromatic carbocycles. The molecule has 0 radical (unpaired) electrons. The maximum atomic E-state index is 13.0. The molecule has 1 N–H and O–H groups in total. The lowest BCUT2D eigenvalue weighted by Crippen LogP contribution is -2.45. The number of para-hydroxylation sites is 2. The van der Waals surface area contributed by atoms with Gasteiger partial charge in [-0.15, -0.1) is 0 Å². The second-order valence-corrected chi connectivity index (χ2v) is 6.91. The zero-order valence-electron chi connectivity index (χ0n) is 17.0. The number of carbonyl (C=O) groups excluding carboxylic acids is 1. The molecular formula is C22H30N4O2. The molecule has 1 heterocycles. The third kappa shape index (κ3) is 4.75. The molecule has 2 amide bonds. The number of piperazine rings is 1. The van der Waals surface area contributed by atoms with E-state index in [1.807, 2.05) is 56.3 Å². The SMILES string of the molecule is CCOc1ccc(N(CC)C(=O)Nc2ccccc2N2CCN(C)CC2)cc1. The maximum Gasteiger partial charge on any atom is 0.326 e. The van der Waals surface area contributed by atoms with Crippen molar-refractivity contribution in [2.45, 2.75) is 13.8 Å². The topological polar surface area (TPSA) is 48.1 Å². The summed E-state index contributed by atoms with van der Waals surface area (Å²) in [6.07, 6.45) is 0. The largest absolute Gasteiger partial charge is 0.494 e. The number of amides is 2. The number of nitrogens with one attached hydrogen (secondary N) is 1. The fourth-order valence-electron chi connectivity index (χ4n) is 3.42. The van der Waals surface area contributed by atoms with Crippen molar-refractivity contribution in [1.29, 1.82) is 0 Å². The molecule has 2 aromatic rings. The van der Waals surface area contributed by atoms with E-state index in [4.69, 9.17) is 4.74 Å². The molecule has 0 aliphatic carbocycles. The predicted octanol–water partition coefficient (Wildman–Crippen LogP) is 3.90. The number of benzene rings is 2. The van der Waals surface area contributed by atoms with Gasteiger partial charge in [0, 0.05) is 38.4 Å². The van der Waals surface area contributed by atoms with Crippen LogP contribution in [0.3, 0.4) is 0 Å². The first-order chi connectivity index (χ1) is 13.6. The Bertz CT molecular complexity index is 770. The van der Waals surface area contributed by atoms with Crippen molar-refractivity contribution in [3.05, 3.63) is 48.5 Å². The van der Waals surface area contributed by atoms with Gasteiger partial charge < -0.3 is 19.9 Å². The fraction of sp³-hybridized carbons (Fsp3) is 0.409. The van der Waals surface area contributed by atoms with E-state index in [1.165, 1.54) is 0 Å². The van der Waals surface area contributed by atoms with Crippen LogP contribution >= 0.6 is 0 Å². The highest BCUT2D eigenvalue weighted by molar-refractivity contribution is 6.03. The molecule has 0 atom stereocenters. The van der Waals surface area contributed by atoms with Crippen LogP contribution in [0.2, 0.25) is 0 Å². The van der Waals surface area contributed by atoms with Gasteiger partial charge in [-0.2, -0.15) is 0 Å². The Kier molecular flexibility index (Phi) is 6.76. The molecular weight excluding hydrogens is 352 g/mol. The van der Waals surface area contributed by atoms with Gasteiger partial charge in [0.2, 0.25) is 0 Å². The van der Waals surface area contributed by atoms with Crippen LogP contribution in [-0.2, 0) is 0 Å². The Labute approximate surface area is 167 Å². The molecule has 6 nitrogen and oxygen atoms in total. The number of hydrogen-bond donors (Lipinski definition) is 1. The number of urea groups is 1. The smallest absolute Gasteiger partial charge is 0.326 e. The molecule has 1 saturated heterocycles. The average molecular weight is 383 g/mol. The van der Waals surface area contributed by atoms with Crippen molar-refractivity contribution in [2.24, 2.45) is 0 Å². The van der Waals surface area contributed by atoms with Crippen LogP contribution in [0.1, 0.15) is 13.8 Å². The lowest BCUT2D eigenvalue weighted by Gasteiger charge is -2.35. The molecule has 0 saturated carbocycles. The summed E-state index contributed by atoms with van der Waals surface area (Å²) in [5.41, 5.74) is 2.77. The van der Waals surface area contributed by atoms with Gasteiger partial charge in [-0.05, 0) is 57.3 Å². The van der Waals surface area contributed by atoms with Gasteiger partial charge in [0.1, 0.15) is 5.75 Å². The fourth-order valence-corrected chi connectivity index (χ4v) is 3.42. The zero-order valence-corrected chi connectivity index (χ0v) is 17.0. The van der Waals surface area contributed by atoms with E-state index < -0.39 is 0 Å². The number of carbonyl (C=O) groups is 1. The highest BCUT2D eigenvalue weighted by atomic mass is 16.5. The van der Waals surface area contributed by atoms with Gasteiger partial charge >= 0.3 is 6.03 Å². The van der Waals surface area contributed by atoms with Crippen LogP contribution in [0.25, 0.3) is 0 Å². The minimum absolute atomic E-state index is 0.131. The monoisotopic (exact) mass is 382 g/mol. The third-order valence-corrected chi connectivity index (χ3v) is 5.01. The number of likely N-dealkylation sites (N-methyl/N-ethyl adjacent to an activating group) is 1. The first-order valence-electron chi connectivity index (χ1n) is 9.96. The van der Waals surface area contributed by atoms with Crippen molar-refractivity contribution in [3.63, 3.8) is 0 Å². The standard InChI is InChI=1S/C22H30N4O2/c1-4-26(18-10-12-19(13-11-18)28-5-2)22(27)23-20-8-6-7-9-21(20)25-16-14-24(3)15-17-25/h6-13H,4-5,14-17H2,1-3H3,(H,23,27). The molecule has 150 valence electrons. The van der Waals surface area contributed by atoms with Crippen LogP contribution < -0.4 is 19.9 Å². The Morgan fingerprint density at radius 2 is 1.71 bits per heavy atom. The highest BCUT2D eigenvalue weighted by Gasteiger charge is 2.20. The molecule has 1 aliphatic rings. The first kappa shape index (κ1) is 20.0. The van der Waals surface area contributed by atoms with E-state index in [0.29, 0.717) is 13.2 Å². The summed E-state index contributed by atoms with van der Waals surface area (Å²) in [6, 6.07) is 15.5. The molecule has 0 unspecified atom stereocenters. The molecule has 3 rings (SSSR count). The molecule has 0 aromatic heterocycles. The molecule has 0 spiro atoms. The first-order valence-corrected chi connectivity index (χ1v) is 9.96. The van der Waals surface area contributed by atoms with Crippen LogP contribution in [0, 0.1) is 0 Å².